The molecule has 0 saturated heterocycles. The third kappa shape index (κ3) is 7.23. The van der Waals surface area contributed by atoms with Gasteiger partial charge in [0.2, 0.25) is 0 Å². The number of carbonyl (C=O) groups is 2. The number of benzene rings is 3. The number of ether oxygens (including phenoxy) is 2. The second kappa shape index (κ2) is 11.9. The van der Waals surface area contributed by atoms with Crippen molar-refractivity contribution in [3.8, 4) is 11.5 Å². The van der Waals surface area contributed by atoms with Gasteiger partial charge in [-0.1, -0.05) is 37.6 Å². The normalized spacial score (nSPS) is 11.6. The predicted octanol–water partition coefficient (Wildman–Crippen LogP) is 6.80. The molecule has 3 aromatic rings. The minimum Gasteiger partial charge on any atom is -0.492 e. The van der Waals surface area contributed by atoms with Crippen LogP contribution in [-0.2, 0) is 4.79 Å². The second-order valence-corrected chi connectivity index (χ2v) is 9.32. The van der Waals surface area contributed by atoms with Crippen LogP contribution in [-0.4, -0.2) is 24.5 Å². The molecular formula is C26H26BrClN2O4. The van der Waals surface area contributed by atoms with Crippen LogP contribution in [0.25, 0.3) is 0 Å². The largest absolute Gasteiger partial charge is 0.492 e. The number of anilines is 2. The molecule has 3 rings (SSSR count). The molecule has 0 aliphatic carbocycles. The average molecular weight is 546 g/mol. The third-order valence-corrected chi connectivity index (χ3v) is 5.62. The summed E-state index contributed by atoms with van der Waals surface area (Å²) in [7, 11) is 0. The number of amides is 2. The summed E-state index contributed by atoms with van der Waals surface area (Å²) in [4.78, 5) is 25.1. The van der Waals surface area contributed by atoms with Crippen LogP contribution < -0.4 is 20.1 Å². The quantitative estimate of drug-likeness (QED) is 0.310. The molecule has 0 heterocycles. The molecule has 178 valence electrons. The van der Waals surface area contributed by atoms with Gasteiger partial charge < -0.3 is 20.1 Å². The van der Waals surface area contributed by atoms with Crippen LogP contribution >= 0.6 is 27.5 Å². The van der Waals surface area contributed by atoms with E-state index < -0.39 is 6.10 Å². The van der Waals surface area contributed by atoms with Gasteiger partial charge >= 0.3 is 0 Å². The molecule has 6 nitrogen and oxygen atoms in total. The zero-order valence-electron chi connectivity index (χ0n) is 19.1. The van der Waals surface area contributed by atoms with Crippen LogP contribution in [0.15, 0.2) is 71.2 Å². The number of nitrogens with one attached hydrogen (secondary N) is 2. The van der Waals surface area contributed by atoms with E-state index in [2.05, 4.69) is 40.4 Å². The lowest BCUT2D eigenvalue weighted by Gasteiger charge is -2.16. The van der Waals surface area contributed by atoms with Gasteiger partial charge in [0.1, 0.15) is 11.5 Å². The van der Waals surface area contributed by atoms with Crippen LogP contribution in [0.3, 0.4) is 0 Å². The summed E-state index contributed by atoms with van der Waals surface area (Å²) in [5.74, 6) is 0.964. The molecule has 1 unspecified atom stereocenters. The highest BCUT2D eigenvalue weighted by Crippen LogP contribution is 2.27. The molecule has 0 bridgehead atoms. The van der Waals surface area contributed by atoms with E-state index in [-0.39, 0.29) is 11.8 Å². The first-order chi connectivity index (χ1) is 16.2. The molecule has 1 atom stereocenters. The van der Waals surface area contributed by atoms with Crippen LogP contribution in [0.1, 0.15) is 31.1 Å². The lowest BCUT2D eigenvalue weighted by atomic mass is 10.2. The van der Waals surface area contributed by atoms with Gasteiger partial charge in [-0.2, -0.15) is 0 Å². The fourth-order valence-corrected chi connectivity index (χ4v) is 3.56. The van der Waals surface area contributed by atoms with E-state index >= 15 is 0 Å². The maximum absolute atomic E-state index is 12.6. The molecule has 2 amide bonds. The average Bonchev–Trinajstić information content (AvgIpc) is 2.80. The highest BCUT2D eigenvalue weighted by molar-refractivity contribution is 9.10. The Hall–Kier alpha value is -3.03. The Bertz CT molecular complexity index is 1150. The van der Waals surface area contributed by atoms with Crippen molar-refractivity contribution in [1.29, 1.82) is 0 Å². The van der Waals surface area contributed by atoms with Gasteiger partial charge in [0.05, 0.1) is 16.1 Å². The number of para-hydroxylation sites is 1. The number of hydrogen-bond donors (Lipinski definition) is 2. The van der Waals surface area contributed by atoms with Crippen LogP contribution in [0, 0.1) is 5.92 Å². The first-order valence-corrected chi connectivity index (χ1v) is 12.0. The van der Waals surface area contributed by atoms with Crippen LogP contribution in [0.5, 0.6) is 11.5 Å². The minimum atomic E-state index is -0.745. The van der Waals surface area contributed by atoms with E-state index in [1.54, 1.807) is 73.7 Å². The van der Waals surface area contributed by atoms with E-state index in [0.29, 0.717) is 50.5 Å². The van der Waals surface area contributed by atoms with Crippen molar-refractivity contribution >= 4 is 50.7 Å². The number of hydrogen-bond acceptors (Lipinski definition) is 4. The molecule has 0 saturated carbocycles. The Morgan fingerprint density at radius 1 is 0.912 bits per heavy atom. The summed E-state index contributed by atoms with van der Waals surface area (Å²) in [6.07, 6.45) is -0.745. The van der Waals surface area contributed by atoms with Crippen molar-refractivity contribution in [2.45, 2.75) is 26.9 Å². The maximum atomic E-state index is 12.6. The molecular weight excluding hydrogens is 520 g/mol. The van der Waals surface area contributed by atoms with Crippen molar-refractivity contribution in [2.24, 2.45) is 5.92 Å². The zero-order valence-corrected chi connectivity index (χ0v) is 21.4. The molecule has 34 heavy (non-hydrogen) atoms. The van der Waals surface area contributed by atoms with Crippen LogP contribution in [0.4, 0.5) is 11.4 Å². The number of rotatable bonds is 9. The van der Waals surface area contributed by atoms with E-state index in [1.165, 1.54) is 0 Å². The highest BCUT2D eigenvalue weighted by atomic mass is 79.9. The van der Waals surface area contributed by atoms with Gasteiger partial charge in [-0.15, -0.1) is 0 Å². The maximum Gasteiger partial charge on any atom is 0.265 e. The Kier molecular flexibility index (Phi) is 8.96. The van der Waals surface area contributed by atoms with Crippen LogP contribution in [0.2, 0.25) is 5.02 Å². The zero-order chi connectivity index (χ0) is 24.7. The SMILES string of the molecule is CC(C)COc1ccc(C(=O)Nc2ccc(NC(=O)C(C)Oc3ccccc3Cl)cc2)cc1Br. The van der Waals surface area contributed by atoms with Crippen molar-refractivity contribution in [3.05, 3.63) is 81.8 Å². The Morgan fingerprint density at radius 3 is 2.18 bits per heavy atom. The lowest BCUT2D eigenvalue weighted by molar-refractivity contribution is -0.122. The highest BCUT2D eigenvalue weighted by Gasteiger charge is 2.16. The van der Waals surface area contributed by atoms with Crippen molar-refractivity contribution in [1.82, 2.24) is 0 Å². The third-order valence-electron chi connectivity index (χ3n) is 4.69. The fraction of sp³-hybridized carbons (Fsp3) is 0.231. The van der Waals surface area contributed by atoms with Crippen molar-refractivity contribution in [3.63, 3.8) is 0 Å². The first kappa shape index (κ1) is 25.6. The van der Waals surface area contributed by atoms with Gasteiger partial charge in [-0.25, -0.2) is 0 Å². The Morgan fingerprint density at radius 2 is 1.56 bits per heavy atom. The Labute approximate surface area is 212 Å². The topological polar surface area (TPSA) is 76.7 Å². The lowest BCUT2D eigenvalue weighted by Crippen LogP contribution is -2.30. The van der Waals surface area contributed by atoms with E-state index in [0.717, 1.165) is 0 Å². The molecule has 0 aliphatic heterocycles. The molecule has 0 aromatic heterocycles. The molecule has 0 spiro atoms. The minimum absolute atomic E-state index is 0.255. The van der Waals surface area contributed by atoms with Gasteiger partial charge in [-0.3, -0.25) is 9.59 Å². The van der Waals surface area contributed by atoms with Gasteiger partial charge in [0, 0.05) is 16.9 Å². The monoisotopic (exact) mass is 544 g/mol. The molecule has 0 aliphatic rings. The number of halogens is 2. The van der Waals surface area contributed by atoms with Gasteiger partial charge in [-0.05, 0) is 83.4 Å². The summed E-state index contributed by atoms with van der Waals surface area (Å²) >= 11 is 9.53. The van der Waals surface area contributed by atoms with E-state index in [1.807, 2.05) is 0 Å². The standard InChI is InChI=1S/C26H26BrClN2O4/c1-16(2)15-33-23-13-8-18(14-21(23)27)26(32)30-20-11-9-19(10-12-20)29-25(31)17(3)34-24-7-5-4-6-22(24)28/h4-14,16-17H,15H2,1-3H3,(H,29,31)(H,30,32). The second-order valence-electron chi connectivity index (χ2n) is 8.06. The van der Waals surface area contributed by atoms with Crippen molar-refractivity contribution in [2.75, 3.05) is 17.2 Å². The predicted molar refractivity (Wildman–Crippen MR) is 139 cm³/mol. The molecule has 0 fully saturated rings. The molecule has 8 heteroatoms. The summed E-state index contributed by atoms with van der Waals surface area (Å²) in [6.45, 7) is 6.38. The number of carbonyl (C=O) groups excluding carboxylic acids is 2. The van der Waals surface area contributed by atoms with Crippen molar-refractivity contribution < 1.29 is 19.1 Å². The summed E-state index contributed by atoms with van der Waals surface area (Å²) in [5.41, 5.74) is 1.67. The van der Waals surface area contributed by atoms with Gasteiger partial charge in [0.25, 0.3) is 11.8 Å². The fourth-order valence-electron chi connectivity index (χ4n) is 2.88. The smallest absolute Gasteiger partial charge is 0.265 e. The molecule has 0 radical (unpaired) electrons. The molecule has 3 aromatic carbocycles. The van der Waals surface area contributed by atoms with E-state index in [9.17, 15) is 9.59 Å². The summed E-state index contributed by atoms with van der Waals surface area (Å²) < 4.78 is 12.1. The van der Waals surface area contributed by atoms with E-state index in [4.69, 9.17) is 21.1 Å². The Balaban J connectivity index is 1.56. The summed E-state index contributed by atoms with van der Waals surface area (Å²) in [5, 5.41) is 6.07. The first-order valence-electron chi connectivity index (χ1n) is 10.8. The van der Waals surface area contributed by atoms with Gasteiger partial charge in [0.15, 0.2) is 6.10 Å². The molecule has 2 N–H and O–H groups in total. The summed E-state index contributed by atoms with van der Waals surface area (Å²) in [6, 6.07) is 19.0.